The summed E-state index contributed by atoms with van der Waals surface area (Å²) in [5, 5.41) is 2.74. The van der Waals surface area contributed by atoms with Crippen LogP contribution in [-0.4, -0.2) is 18.5 Å². The van der Waals surface area contributed by atoms with Crippen molar-refractivity contribution in [1.82, 2.24) is 0 Å². The van der Waals surface area contributed by atoms with Gasteiger partial charge in [0.05, 0.1) is 0 Å². The van der Waals surface area contributed by atoms with Crippen LogP contribution in [-0.2, 0) is 14.3 Å². The Kier molecular flexibility index (Phi) is 5.00. The molecule has 2 saturated carbocycles. The molecule has 1 aromatic rings. The van der Waals surface area contributed by atoms with Crippen LogP contribution in [0.2, 0.25) is 0 Å². The van der Waals surface area contributed by atoms with Crippen molar-refractivity contribution in [3.63, 3.8) is 0 Å². The molecule has 3 atom stereocenters. The molecule has 4 nitrogen and oxygen atoms in total. The van der Waals surface area contributed by atoms with Crippen molar-refractivity contribution in [2.45, 2.75) is 32.1 Å². The normalized spacial score (nSPS) is 26.0. The third kappa shape index (κ3) is 4.00. The smallest absolute Gasteiger partial charge is 0.306 e. The van der Waals surface area contributed by atoms with Crippen molar-refractivity contribution in [3.05, 3.63) is 27.8 Å². The van der Waals surface area contributed by atoms with Gasteiger partial charge in [-0.3, -0.25) is 9.59 Å². The molecule has 2 aliphatic carbocycles. The van der Waals surface area contributed by atoms with Gasteiger partial charge in [-0.25, -0.2) is 0 Å². The number of halogens is 1. The van der Waals surface area contributed by atoms with E-state index in [1.54, 1.807) is 0 Å². The highest BCUT2D eigenvalue weighted by Crippen LogP contribution is 2.49. The summed E-state index contributed by atoms with van der Waals surface area (Å²) in [5.74, 6) is 1.48. The van der Waals surface area contributed by atoms with Crippen LogP contribution in [0.4, 0.5) is 5.69 Å². The Labute approximate surface area is 144 Å². The summed E-state index contributed by atoms with van der Waals surface area (Å²) >= 11 is 2.18. The molecule has 1 aromatic carbocycles. The Morgan fingerprint density at radius 1 is 1.27 bits per heavy atom. The van der Waals surface area contributed by atoms with Crippen LogP contribution in [0.25, 0.3) is 0 Å². The molecule has 5 heteroatoms. The molecule has 0 heterocycles. The maximum atomic E-state index is 11.9. The molecule has 0 saturated heterocycles. The lowest BCUT2D eigenvalue weighted by atomic mass is 9.86. The van der Waals surface area contributed by atoms with Gasteiger partial charge >= 0.3 is 5.97 Å². The van der Waals surface area contributed by atoms with Crippen molar-refractivity contribution >= 4 is 40.2 Å². The standard InChI is InChI=1S/C17H20INO3/c18-14-2-1-3-15(9-14)19-16(20)10-22-17(21)8-13-7-11-4-5-12(13)6-11/h1-3,9,11-13H,4-8,10H2,(H,19,20)/t11-,12-,13+/m0/s1. The maximum Gasteiger partial charge on any atom is 0.306 e. The van der Waals surface area contributed by atoms with Crippen molar-refractivity contribution in [2.24, 2.45) is 17.8 Å². The third-order valence-corrected chi connectivity index (χ3v) is 5.46. The molecule has 0 spiro atoms. The van der Waals surface area contributed by atoms with E-state index in [0.717, 1.165) is 21.6 Å². The first kappa shape index (κ1) is 15.8. The number of hydrogen-bond donors (Lipinski definition) is 1. The van der Waals surface area contributed by atoms with Crippen LogP contribution in [0.15, 0.2) is 24.3 Å². The van der Waals surface area contributed by atoms with Crippen molar-refractivity contribution in [1.29, 1.82) is 0 Å². The summed E-state index contributed by atoms with van der Waals surface area (Å²) in [7, 11) is 0. The Morgan fingerprint density at radius 3 is 2.82 bits per heavy atom. The lowest BCUT2D eigenvalue weighted by Crippen LogP contribution is -2.23. The quantitative estimate of drug-likeness (QED) is 0.593. The summed E-state index contributed by atoms with van der Waals surface area (Å²) in [6, 6.07) is 7.51. The molecule has 2 fully saturated rings. The van der Waals surface area contributed by atoms with Gasteiger partial charge in [0.1, 0.15) is 0 Å². The number of carbonyl (C=O) groups is 2. The van der Waals surface area contributed by atoms with Crippen LogP contribution in [0.5, 0.6) is 0 Å². The lowest BCUT2D eigenvalue weighted by Gasteiger charge is -2.20. The average Bonchev–Trinajstić information content (AvgIpc) is 3.08. The first-order valence-corrected chi connectivity index (χ1v) is 8.89. The second-order valence-electron chi connectivity index (χ2n) is 6.36. The molecule has 118 valence electrons. The second kappa shape index (κ2) is 6.98. The number of anilines is 1. The van der Waals surface area contributed by atoms with Crippen LogP contribution in [0, 0.1) is 21.3 Å². The van der Waals surface area contributed by atoms with Gasteiger partial charge in [-0.05, 0) is 77.8 Å². The Morgan fingerprint density at radius 2 is 2.14 bits per heavy atom. The van der Waals surface area contributed by atoms with Gasteiger partial charge in [0.25, 0.3) is 5.91 Å². The minimum Gasteiger partial charge on any atom is -0.456 e. The number of carbonyl (C=O) groups excluding carboxylic acids is 2. The van der Waals surface area contributed by atoms with Gasteiger partial charge in [-0.2, -0.15) is 0 Å². The van der Waals surface area contributed by atoms with Crippen LogP contribution in [0.1, 0.15) is 32.1 Å². The fourth-order valence-corrected chi connectivity index (χ4v) is 4.35. The zero-order chi connectivity index (χ0) is 15.5. The van der Waals surface area contributed by atoms with Gasteiger partial charge in [0, 0.05) is 15.7 Å². The minimum atomic E-state index is -0.289. The summed E-state index contributed by atoms with van der Waals surface area (Å²) < 4.78 is 6.17. The monoisotopic (exact) mass is 413 g/mol. The van der Waals surface area contributed by atoms with Gasteiger partial charge in [-0.15, -0.1) is 0 Å². The van der Waals surface area contributed by atoms with E-state index in [0.29, 0.717) is 18.3 Å². The maximum absolute atomic E-state index is 11.9. The van der Waals surface area contributed by atoms with Crippen molar-refractivity contribution < 1.29 is 14.3 Å². The first-order valence-electron chi connectivity index (χ1n) is 7.81. The zero-order valence-corrected chi connectivity index (χ0v) is 14.5. The molecule has 0 aliphatic heterocycles. The van der Waals surface area contributed by atoms with Crippen LogP contribution in [0.3, 0.4) is 0 Å². The topological polar surface area (TPSA) is 55.4 Å². The van der Waals surface area contributed by atoms with E-state index in [2.05, 4.69) is 27.9 Å². The van der Waals surface area contributed by atoms with E-state index in [1.807, 2.05) is 24.3 Å². The Hall–Kier alpha value is -1.11. The number of hydrogen-bond acceptors (Lipinski definition) is 3. The van der Waals surface area contributed by atoms with E-state index < -0.39 is 0 Å². The van der Waals surface area contributed by atoms with E-state index in [9.17, 15) is 9.59 Å². The minimum absolute atomic E-state index is 0.203. The fraction of sp³-hybridized carbons (Fsp3) is 0.529. The SMILES string of the molecule is O=C(COC(=O)C[C@H]1C[C@H]2CC[C@H]1C2)Nc1cccc(I)c1. The van der Waals surface area contributed by atoms with E-state index in [1.165, 1.54) is 19.3 Å². The summed E-state index contributed by atoms with van der Waals surface area (Å²) in [5.41, 5.74) is 0.723. The average molecular weight is 413 g/mol. The molecular weight excluding hydrogens is 393 g/mol. The van der Waals surface area contributed by atoms with Crippen LogP contribution < -0.4 is 5.32 Å². The molecule has 3 rings (SSSR count). The Balaban J connectivity index is 1.40. The highest BCUT2D eigenvalue weighted by Gasteiger charge is 2.40. The second-order valence-corrected chi connectivity index (χ2v) is 7.60. The molecule has 2 aliphatic rings. The molecule has 0 radical (unpaired) electrons. The molecule has 22 heavy (non-hydrogen) atoms. The van der Waals surface area contributed by atoms with E-state index >= 15 is 0 Å². The van der Waals surface area contributed by atoms with Gasteiger partial charge in [0.15, 0.2) is 6.61 Å². The molecule has 1 N–H and O–H groups in total. The molecular formula is C17H20INO3. The highest BCUT2D eigenvalue weighted by molar-refractivity contribution is 14.1. The van der Waals surface area contributed by atoms with Crippen molar-refractivity contribution in [3.8, 4) is 0 Å². The summed E-state index contributed by atoms with van der Waals surface area (Å²) in [6.07, 6.45) is 5.50. The van der Waals surface area contributed by atoms with Gasteiger partial charge in [0.2, 0.25) is 0 Å². The largest absolute Gasteiger partial charge is 0.456 e. The number of benzene rings is 1. The number of nitrogens with one attached hydrogen (secondary N) is 1. The predicted octanol–water partition coefficient (Wildman–Crippen LogP) is 3.60. The first-order chi connectivity index (χ1) is 10.6. The fourth-order valence-electron chi connectivity index (χ4n) is 3.81. The van der Waals surface area contributed by atoms with Crippen molar-refractivity contribution in [2.75, 3.05) is 11.9 Å². The Bertz CT molecular complexity index is 575. The molecule has 2 bridgehead atoms. The van der Waals surface area contributed by atoms with Crippen LogP contribution >= 0.6 is 22.6 Å². The van der Waals surface area contributed by atoms with E-state index in [4.69, 9.17) is 4.74 Å². The molecule has 1 amide bonds. The number of rotatable bonds is 5. The molecule has 0 aromatic heterocycles. The predicted molar refractivity (Wildman–Crippen MR) is 92.3 cm³/mol. The number of ether oxygens (including phenoxy) is 1. The number of fused-ring (bicyclic) bond motifs is 2. The highest BCUT2D eigenvalue weighted by atomic mass is 127. The van der Waals surface area contributed by atoms with E-state index in [-0.39, 0.29) is 18.5 Å². The lowest BCUT2D eigenvalue weighted by molar-refractivity contribution is -0.148. The third-order valence-electron chi connectivity index (χ3n) is 4.79. The summed E-state index contributed by atoms with van der Waals surface area (Å²) in [6.45, 7) is -0.203. The van der Waals surface area contributed by atoms with Gasteiger partial charge < -0.3 is 10.1 Å². The zero-order valence-electron chi connectivity index (χ0n) is 12.4. The van der Waals surface area contributed by atoms with Gasteiger partial charge in [-0.1, -0.05) is 12.5 Å². The summed E-state index contributed by atoms with van der Waals surface area (Å²) in [4.78, 5) is 23.7. The number of esters is 1. The number of amides is 1. The molecule has 0 unspecified atom stereocenters.